The number of hydrogen-bond donors (Lipinski definition) is 1. The van der Waals surface area contributed by atoms with Gasteiger partial charge in [0, 0.05) is 22.6 Å². The summed E-state index contributed by atoms with van der Waals surface area (Å²) in [6, 6.07) is 48.1. The Kier molecular flexibility index (Phi) is 9.45. The second kappa shape index (κ2) is 14.2. The molecule has 5 rings (SSSR count). The number of carbonyl (C=O) groups is 1. The molecule has 0 fully saturated rings. The van der Waals surface area contributed by atoms with E-state index in [1.54, 1.807) is 25.1 Å². The highest BCUT2D eigenvalue weighted by molar-refractivity contribution is 5.96. The maximum atomic E-state index is 11.3. The first-order chi connectivity index (χ1) is 21.9. The minimum atomic E-state index is -1.26. The number of nitrogens with zero attached hydrogens (tertiary/aromatic N) is 3. The fourth-order valence-corrected chi connectivity index (χ4v) is 4.93. The number of aliphatic carboxylic acids is 1. The number of nitriles is 2. The minimum Gasteiger partial charge on any atom is -0.477 e. The van der Waals surface area contributed by atoms with Crippen molar-refractivity contribution >= 4 is 46.8 Å². The van der Waals surface area contributed by atoms with Gasteiger partial charge in [0.15, 0.2) is 0 Å². The van der Waals surface area contributed by atoms with Crippen LogP contribution in [0.5, 0.6) is 0 Å². The average molecular weight is 584 g/mol. The number of anilines is 3. The van der Waals surface area contributed by atoms with E-state index in [9.17, 15) is 15.2 Å². The number of carboxylic acids is 1. The van der Waals surface area contributed by atoms with E-state index in [1.165, 1.54) is 6.08 Å². The second-order valence-corrected chi connectivity index (χ2v) is 10.3. The third kappa shape index (κ3) is 7.51. The summed E-state index contributed by atoms with van der Waals surface area (Å²) < 4.78 is 0. The van der Waals surface area contributed by atoms with Crippen LogP contribution in [0.3, 0.4) is 0 Å². The van der Waals surface area contributed by atoms with Gasteiger partial charge in [-0.05, 0) is 94.9 Å². The minimum absolute atomic E-state index is 0.329. The van der Waals surface area contributed by atoms with E-state index in [0.29, 0.717) is 11.1 Å². The lowest BCUT2D eigenvalue weighted by molar-refractivity contribution is -0.132. The van der Waals surface area contributed by atoms with Gasteiger partial charge in [0.05, 0.1) is 6.07 Å². The zero-order valence-electron chi connectivity index (χ0n) is 24.6. The number of allylic oxidation sites excluding steroid dienone is 1. The van der Waals surface area contributed by atoms with Crippen molar-refractivity contribution in [3.8, 4) is 12.1 Å². The van der Waals surface area contributed by atoms with E-state index >= 15 is 0 Å². The van der Waals surface area contributed by atoms with Crippen molar-refractivity contribution in [2.45, 2.75) is 6.92 Å². The van der Waals surface area contributed by atoms with Crippen LogP contribution in [0.2, 0.25) is 0 Å². The lowest BCUT2D eigenvalue weighted by Crippen LogP contribution is -2.10. The van der Waals surface area contributed by atoms with Gasteiger partial charge in [-0.1, -0.05) is 97.1 Å². The molecule has 0 heterocycles. The smallest absolute Gasteiger partial charge is 0.346 e. The highest BCUT2D eigenvalue weighted by Crippen LogP contribution is 2.36. The van der Waals surface area contributed by atoms with E-state index in [1.807, 2.05) is 78.9 Å². The Morgan fingerprint density at radius 1 is 0.578 bits per heavy atom. The highest BCUT2D eigenvalue weighted by atomic mass is 16.4. The molecule has 0 atom stereocenters. The van der Waals surface area contributed by atoms with Gasteiger partial charge in [-0.2, -0.15) is 10.5 Å². The molecule has 0 spiro atoms. The summed E-state index contributed by atoms with van der Waals surface area (Å²) in [6.45, 7) is 1.77. The Balaban J connectivity index is 1.55. The third-order valence-corrected chi connectivity index (χ3v) is 7.16. The number of benzene rings is 5. The quantitative estimate of drug-likeness (QED) is 0.106. The average Bonchev–Trinajstić information content (AvgIpc) is 3.08. The van der Waals surface area contributed by atoms with Crippen LogP contribution in [-0.4, -0.2) is 11.1 Å². The van der Waals surface area contributed by atoms with Crippen LogP contribution >= 0.6 is 0 Å². The summed E-state index contributed by atoms with van der Waals surface area (Å²) in [6.07, 6.45) is 5.38. The molecular weight excluding hydrogens is 554 g/mol. The van der Waals surface area contributed by atoms with Crippen molar-refractivity contribution in [3.05, 3.63) is 172 Å². The van der Waals surface area contributed by atoms with Gasteiger partial charge < -0.3 is 10.0 Å². The van der Waals surface area contributed by atoms with Gasteiger partial charge >= 0.3 is 5.97 Å². The Hall–Kier alpha value is -6.43. The van der Waals surface area contributed by atoms with Crippen LogP contribution in [0, 0.1) is 22.7 Å². The van der Waals surface area contributed by atoms with Crippen molar-refractivity contribution in [3.63, 3.8) is 0 Å². The van der Waals surface area contributed by atoms with Crippen molar-refractivity contribution in [2.75, 3.05) is 4.90 Å². The lowest BCUT2D eigenvalue weighted by Gasteiger charge is -2.26. The topological polar surface area (TPSA) is 88.1 Å². The Morgan fingerprint density at radius 2 is 0.978 bits per heavy atom. The van der Waals surface area contributed by atoms with Gasteiger partial charge in [-0.25, -0.2) is 4.79 Å². The molecular formula is C40H29N3O2. The third-order valence-electron chi connectivity index (χ3n) is 7.16. The van der Waals surface area contributed by atoms with Crippen LogP contribution in [0.1, 0.15) is 34.7 Å². The molecule has 0 saturated carbocycles. The molecule has 0 radical (unpaired) electrons. The van der Waals surface area contributed by atoms with Gasteiger partial charge in [-0.3, -0.25) is 0 Å². The molecule has 0 aliphatic heterocycles. The zero-order chi connectivity index (χ0) is 31.6. The molecule has 0 saturated heterocycles. The monoisotopic (exact) mass is 583 g/mol. The maximum absolute atomic E-state index is 11.3. The lowest BCUT2D eigenvalue weighted by atomic mass is 9.95. The molecule has 5 nitrogen and oxygen atoms in total. The molecule has 45 heavy (non-hydrogen) atoms. The largest absolute Gasteiger partial charge is 0.477 e. The molecule has 0 aromatic heterocycles. The van der Waals surface area contributed by atoms with Crippen LogP contribution in [0.25, 0.3) is 23.8 Å². The molecule has 5 heteroatoms. The van der Waals surface area contributed by atoms with E-state index in [4.69, 9.17) is 5.26 Å². The van der Waals surface area contributed by atoms with Gasteiger partial charge in [0.25, 0.3) is 0 Å². The molecule has 0 aliphatic rings. The fourth-order valence-electron chi connectivity index (χ4n) is 4.93. The summed E-state index contributed by atoms with van der Waals surface area (Å²) in [5.41, 5.74) is 8.95. The van der Waals surface area contributed by atoms with Crippen LogP contribution in [0.4, 0.5) is 17.1 Å². The number of carboxylic acid groups (broad SMARTS) is 1. The molecule has 0 unspecified atom stereocenters. The first-order valence-electron chi connectivity index (χ1n) is 14.3. The summed E-state index contributed by atoms with van der Waals surface area (Å²) >= 11 is 0. The van der Waals surface area contributed by atoms with E-state index in [2.05, 4.69) is 65.6 Å². The van der Waals surface area contributed by atoms with E-state index < -0.39 is 5.97 Å². The van der Waals surface area contributed by atoms with Gasteiger partial charge in [-0.15, -0.1) is 0 Å². The SMILES string of the molecule is C/C(C#N)=C/c1ccc(N(c2ccc(C=C(c3ccccc3)c3ccccc3)cc2)c2ccc(/C=C(/C#N)C(=O)O)cc2)cc1. The predicted octanol–water partition coefficient (Wildman–Crippen LogP) is 9.66. The maximum Gasteiger partial charge on any atom is 0.346 e. The Bertz CT molecular complexity index is 1920. The Morgan fingerprint density at radius 3 is 1.36 bits per heavy atom. The summed E-state index contributed by atoms with van der Waals surface area (Å²) in [5.74, 6) is -1.26. The van der Waals surface area contributed by atoms with Crippen molar-refractivity contribution in [1.29, 1.82) is 10.5 Å². The summed E-state index contributed by atoms with van der Waals surface area (Å²) in [7, 11) is 0. The normalized spacial score (nSPS) is 11.2. The second-order valence-electron chi connectivity index (χ2n) is 10.3. The molecule has 5 aromatic rings. The van der Waals surface area contributed by atoms with Crippen molar-refractivity contribution < 1.29 is 9.90 Å². The van der Waals surface area contributed by atoms with E-state index in [0.717, 1.165) is 44.9 Å². The molecule has 0 amide bonds. The summed E-state index contributed by atoms with van der Waals surface area (Å²) in [5, 5.41) is 27.6. The standard InChI is InChI=1S/C40H29N3O2/c1-29(27-41)24-30-12-18-36(19-13-30)43(37-20-14-31(15-21-37)25-35(28-42)40(44)45)38-22-16-32(17-23-38)26-39(33-8-4-2-5-9-33)34-10-6-3-7-11-34/h2-26H,1H3,(H,44,45)/b29-24-,35-25-. The molecule has 0 aliphatic carbocycles. The highest BCUT2D eigenvalue weighted by Gasteiger charge is 2.14. The Labute approximate surface area is 263 Å². The first-order valence-corrected chi connectivity index (χ1v) is 14.3. The van der Waals surface area contributed by atoms with Crippen LogP contribution in [-0.2, 0) is 4.79 Å². The molecule has 5 aromatic carbocycles. The van der Waals surface area contributed by atoms with Crippen LogP contribution in [0.15, 0.2) is 145 Å². The van der Waals surface area contributed by atoms with Crippen molar-refractivity contribution in [2.24, 2.45) is 0 Å². The fraction of sp³-hybridized carbons (Fsp3) is 0.0250. The molecule has 216 valence electrons. The first kappa shape index (κ1) is 30.0. The van der Waals surface area contributed by atoms with Crippen molar-refractivity contribution in [1.82, 2.24) is 0 Å². The zero-order valence-corrected chi connectivity index (χ0v) is 24.6. The number of hydrogen-bond acceptors (Lipinski definition) is 4. The van der Waals surface area contributed by atoms with E-state index in [-0.39, 0.29) is 5.57 Å². The predicted molar refractivity (Wildman–Crippen MR) is 181 cm³/mol. The molecule has 1 N–H and O–H groups in total. The van der Waals surface area contributed by atoms with Gasteiger partial charge in [0.2, 0.25) is 0 Å². The van der Waals surface area contributed by atoms with Gasteiger partial charge in [0.1, 0.15) is 11.6 Å². The number of rotatable bonds is 9. The summed E-state index contributed by atoms with van der Waals surface area (Å²) in [4.78, 5) is 13.4. The van der Waals surface area contributed by atoms with Crippen LogP contribution < -0.4 is 4.90 Å². The molecule has 0 bridgehead atoms.